The van der Waals surface area contributed by atoms with Gasteiger partial charge in [-0.3, -0.25) is 4.79 Å². The molecule has 0 bridgehead atoms. The number of hydrogen-bond acceptors (Lipinski definition) is 3. The maximum atomic E-state index is 11.6. The molecule has 2 N–H and O–H groups in total. The molecule has 0 saturated heterocycles. The average molecular weight is 382 g/mol. The average Bonchev–Trinajstić information content (AvgIpc) is 2.41. The van der Waals surface area contributed by atoms with Crippen LogP contribution in [-0.4, -0.2) is 31.3 Å². The highest BCUT2D eigenvalue weighted by Gasteiger charge is 2.03. The Hall–Kier alpha value is -0.230. The van der Waals surface area contributed by atoms with Crippen molar-refractivity contribution in [2.24, 2.45) is 0 Å². The lowest BCUT2D eigenvalue weighted by atomic mass is 10.4. The lowest BCUT2D eigenvalue weighted by Crippen LogP contribution is -2.32. The van der Waals surface area contributed by atoms with Gasteiger partial charge in [-0.15, -0.1) is 24.2 Å². The summed E-state index contributed by atoms with van der Waals surface area (Å²) in [7, 11) is 0. The third-order valence-electron chi connectivity index (χ3n) is 2.47. The number of nitrogens with one attached hydrogen (secondary N) is 2. The molecule has 1 aromatic carbocycles. The fourth-order valence-corrected chi connectivity index (χ4v) is 3.01. The number of halogens is 2. The third kappa shape index (κ3) is 8.84. The highest BCUT2D eigenvalue weighted by atomic mass is 79.9. The summed E-state index contributed by atoms with van der Waals surface area (Å²) in [5.41, 5.74) is 0. The second-order valence-electron chi connectivity index (χ2n) is 4.13. The van der Waals surface area contributed by atoms with Crippen molar-refractivity contribution in [1.29, 1.82) is 0 Å². The monoisotopic (exact) mass is 380 g/mol. The Morgan fingerprint density at radius 2 is 2.00 bits per heavy atom. The molecular formula is C14H22BrClN2OS. The predicted octanol–water partition coefficient (Wildman–Crippen LogP) is 3.47. The van der Waals surface area contributed by atoms with Crippen LogP contribution in [-0.2, 0) is 4.79 Å². The second-order valence-corrected chi connectivity index (χ2v) is 6.12. The molecule has 1 rings (SSSR count). The van der Waals surface area contributed by atoms with Crippen LogP contribution in [0, 0.1) is 0 Å². The summed E-state index contributed by atoms with van der Waals surface area (Å²) in [6.07, 6.45) is 1.68. The Kier molecular flexibility index (Phi) is 12.4. The van der Waals surface area contributed by atoms with Gasteiger partial charge in [0.2, 0.25) is 5.91 Å². The van der Waals surface area contributed by atoms with Crippen molar-refractivity contribution in [2.75, 3.05) is 25.4 Å². The maximum absolute atomic E-state index is 11.6. The number of carbonyl (C=O) groups is 1. The van der Waals surface area contributed by atoms with E-state index in [1.54, 1.807) is 11.8 Å². The van der Waals surface area contributed by atoms with Crippen LogP contribution in [0.15, 0.2) is 33.6 Å². The van der Waals surface area contributed by atoms with Crippen molar-refractivity contribution in [1.82, 2.24) is 10.6 Å². The lowest BCUT2D eigenvalue weighted by molar-refractivity contribution is -0.120. The van der Waals surface area contributed by atoms with E-state index in [4.69, 9.17) is 0 Å². The first-order chi connectivity index (χ1) is 9.24. The minimum atomic E-state index is 0. The van der Waals surface area contributed by atoms with Crippen LogP contribution < -0.4 is 10.6 Å². The summed E-state index contributed by atoms with van der Waals surface area (Å²) >= 11 is 5.20. The fourth-order valence-electron chi connectivity index (χ4n) is 1.50. The van der Waals surface area contributed by atoms with Gasteiger partial charge in [0.25, 0.3) is 0 Å². The fraction of sp³-hybridized carbons (Fsp3) is 0.500. The molecule has 0 heterocycles. The quantitative estimate of drug-likeness (QED) is 0.508. The van der Waals surface area contributed by atoms with Gasteiger partial charge < -0.3 is 10.6 Å². The van der Waals surface area contributed by atoms with Gasteiger partial charge in [-0.2, -0.15) is 0 Å². The van der Waals surface area contributed by atoms with Crippen LogP contribution in [0.3, 0.4) is 0 Å². The summed E-state index contributed by atoms with van der Waals surface area (Å²) in [5, 5.41) is 6.17. The summed E-state index contributed by atoms with van der Waals surface area (Å²) < 4.78 is 1.09. The van der Waals surface area contributed by atoms with Crippen LogP contribution in [0.25, 0.3) is 0 Å². The van der Waals surface area contributed by atoms with Gasteiger partial charge in [0.15, 0.2) is 0 Å². The second kappa shape index (κ2) is 12.5. The summed E-state index contributed by atoms with van der Waals surface area (Å²) in [4.78, 5) is 12.8. The van der Waals surface area contributed by atoms with Gasteiger partial charge >= 0.3 is 0 Å². The zero-order chi connectivity index (χ0) is 13.9. The van der Waals surface area contributed by atoms with Crippen LogP contribution in [0.2, 0.25) is 0 Å². The Labute approximate surface area is 140 Å². The highest BCUT2D eigenvalue weighted by Crippen LogP contribution is 2.27. The molecule has 114 valence electrons. The van der Waals surface area contributed by atoms with Crippen molar-refractivity contribution >= 4 is 46.0 Å². The third-order valence-corrected chi connectivity index (χ3v) is 4.50. The van der Waals surface area contributed by atoms with Crippen molar-refractivity contribution in [3.8, 4) is 0 Å². The van der Waals surface area contributed by atoms with E-state index in [2.05, 4.69) is 39.6 Å². The van der Waals surface area contributed by atoms with Gasteiger partial charge in [0, 0.05) is 34.6 Å². The van der Waals surface area contributed by atoms with Gasteiger partial charge in [-0.1, -0.05) is 19.1 Å². The molecule has 0 atom stereocenters. The normalized spacial score (nSPS) is 9.90. The van der Waals surface area contributed by atoms with E-state index < -0.39 is 0 Å². The summed E-state index contributed by atoms with van der Waals surface area (Å²) in [6.45, 7) is 4.69. The molecule has 0 aromatic heterocycles. The molecule has 1 amide bonds. The maximum Gasteiger partial charge on any atom is 0.220 e. The van der Waals surface area contributed by atoms with Gasteiger partial charge in [-0.25, -0.2) is 0 Å². The molecule has 0 spiro atoms. The van der Waals surface area contributed by atoms with Gasteiger partial charge in [0.05, 0.1) is 0 Å². The van der Waals surface area contributed by atoms with Crippen molar-refractivity contribution < 1.29 is 4.79 Å². The van der Waals surface area contributed by atoms with E-state index in [0.29, 0.717) is 13.0 Å². The molecule has 20 heavy (non-hydrogen) atoms. The van der Waals surface area contributed by atoms with Crippen molar-refractivity contribution in [3.63, 3.8) is 0 Å². The molecule has 6 heteroatoms. The lowest BCUT2D eigenvalue weighted by Gasteiger charge is -2.06. The number of thioether (sulfide) groups is 1. The Morgan fingerprint density at radius 3 is 2.70 bits per heavy atom. The van der Waals surface area contributed by atoms with E-state index in [0.717, 1.165) is 29.7 Å². The number of hydrogen-bond donors (Lipinski definition) is 2. The largest absolute Gasteiger partial charge is 0.355 e. The van der Waals surface area contributed by atoms with Crippen LogP contribution >= 0.6 is 40.1 Å². The first-order valence-corrected chi connectivity index (χ1v) is 8.36. The zero-order valence-corrected chi connectivity index (χ0v) is 14.9. The first kappa shape index (κ1) is 19.8. The highest BCUT2D eigenvalue weighted by molar-refractivity contribution is 9.10. The molecule has 0 fully saturated rings. The molecule has 0 radical (unpaired) electrons. The Balaban J connectivity index is 0.00000361. The van der Waals surface area contributed by atoms with E-state index in [-0.39, 0.29) is 18.3 Å². The Morgan fingerprint density at radius 1 is 1.25 bits per heavy atom. The SMILES string of the molecule is CCCNCCNC(=O)CCSc1ccccc1Br.Cl. The number of benzene rings is 1. The molecule has 0 aliphatic rings. The van der Waals surface area contributed by atoms with Crippen LogP contribution in [0.4, 0.5) is 0 Å². The standard InChI is InChI=1S/C14H21BrN2OS.ClH/c1-2-8-16-9-10-17-14(18)7-11-19-13-6-4-3-5-12(13)15;/h3-6,16H,2,7-11H2,1H3,(H,17,18);1H. The van der Waals surface area contributed by atoms with Crippen molar-refractivity contribution in [3.05, 3.63) is 28.7 Å². The minimum absolute atomic E-state index is 0. The Bertz CT molecular complexity index is 393. The predicted molar refractivity (Wildman–Crippen MR) is 92.9 cm³/mol. The summed E-state index contributed by atoms with van der Waals surface area (Å²) in [6, 6.07) is 8.07. The van der Waals surface area contributed by atoms with Gasteiger partial charge in [-0.05, 0) is 41.0 Å². The molecule has 0 aliphatic carbocycles. The van der Waals surface area contributed by atoms with Crippen LogP contribution in [0.1, 0.15) is 19.8 Å². The number of amides is 1. The number of carbonyl (C=O) groups excluding carboxylic acids is 1. The van der Waals surface area contributed by atoms with Gasteiger partial charge in [0.1, 0.15) is 0 Å². The van der Waals surface area contributed by atoms with Crippen LogP contribution in [0.5, 0.6) is 0 Å². The van der Waals surface area contributed by atoms with E-state index in [9.17, 15) is 4.79 Å². The molecule has 0 aliphatic heterocycles. The minimum Gasteiger partial charge on any atom is -0.355 e. The van der Waals surface area contributed by atoms with E-state index >= 15 is 0 Å². The molecule has 3 nitrogen and oxygen atoms in total. The summed E-state index contributed by atoms with van der Waals surface area (Å²) in [5.74, 6) is 0.925. The van der Waals surface area contributed by atoms with E-state index in [1.165, 1.54) is 4.90 Å². The molecule has 0 unspecified atom stereocenters. The number of rotatable bonds is 9. The molecule has 0 saturated carbocycles. The topological polar surface area (TPSA) is 41.1 Å². The zero-order valence-electron chi connectivity index (χ0n) is 11.7. The smallest absolute Gasteiger partial charge is 0.220 e. The van der Waals surface area contributed by atoms with Crippen molar-refractivity contribution in [2.45, 2.75) is 24.7 Å². The van der Waals surface area contributed by atoms with E-state index in [1.807, 2.05) is 18.2 Å². The molecular weight excluding hydrogens is 360 g/mol. The molecule has 1 aromatic rings. The first-order valence-electron chi connectivity index (χ1n) is 6.58.